The molecule has 0 bridgehead atoms. The maximum atomic E-state index is 13.9. The molecule has 2 unspecified atom stereocenters. The molecule has 2 saturated carbocycles. The molecule has 1 aromatic carbocycles. The van der Waals surface area contributed by atoms with Gasteiger partial charge in [0.15, 0.2) is 34.7 Å². The molecule has 0 heterocycles. The van der Waals surface area contributed by atoms with Gasteiger partial charge >= 0.3 is 0 Å². The molecule has 0 saturated heterocycles. The Labute approximate surface area is 217 Å². The van der Waals surface area contributed by atoms with E-state index in [-0.39, 0.29) is 24.0 Å². The highest BCUT2D eigenvalue weighted by Gasteiger charge is 2.69. The molecule has 0 aliphatic heterocycles. The van der Waals surface area contributed by atoms with Gasteiger partial charge in [-0.25, -0.2) is 5.48 Å². The predicted octanol–water partition coefficient (Wildman–Crippen LogP) is -1.78. The molecule has 4 rings (SSSR count). The van der Waals surface area contributed by atoms with Crippen LogP contribution in [0.4, 0.5) is 5.69 Å². The number of carbonyl (C=O) groups is 6. The number of hydroxylamine groups is 1. The van der Waals surface area contributed by atoms with Crippen molar-refractivity contribution in [1.82, 2.24) is 10.4 Å². The Bertz CT molecular complexity index is 1290. The number of phenolic OH excluding ortho intramolecular Hbond substituents is 1. The molecule has 0 spiro atoms. The number of Topliss-reactive ketones (excluding diaryl/α,β-unsaturated/α-hetero) is 4. The minimum atomic E-state index is -2.82. The topological polar surface area (TPSA) is 197 Å². The summed E-state index contributed by atoms with van der Waals surface area (Å²) in [5.74, 6) is -12.5. The van der Waals surface area contributed by atoms with Crippen molar-refractivity contribution in [3.05, 3.63) is 22.8 Å². The average Bonchev–Trinajstić information content (AvgIpc) is 2.81. The molecular formula is C25H30N4O9. The Balaban J connectivity index is 1.91. The first kappa shape index (κ1) is 27.4. The molecule has 3 aliphatic carbocycles. The lowest BCUT2D eigenvalue weighted by atomic mass is 9.52. The van der Waals surface area contributed by atoms with E-state index in [1.807, 2.05) is 0 Å². The summed E-state index contributed by atoms with van der Waals surface area (Å²) in [6.07, 6.45) is 0.0164. The van der Waals surface area contributed by atoms with Crippen LogP contribution in [0.15, 0.2) is 6.07 Å². The van der Waals surface area contributed by atoms with Crippen LogP contribution in [0.2, 0.25) is 0 Å². The van der Waals surface area contributed by atoms with E-state index < -0.39 is 76.0 Å². The minimum absolute atomic E-state index is 0.0660. The van der Waals surface area contributed by atoms with Crippen molar-refractivity contribution in [2.24, 2.45) is 29.4 Å². The molecule has 1 aromatic rings. The van der Waals surface area contributed by atoms with Crippen LogP contribution in [0.5, 0.6) is 5.75 Å². The summed E-state index contributed by atoms with van der Waals surface area (Å²) in [6.45, 7) is 0. The fraction of sp³-hybridized carbons (Fsp3) is 0.520. The normalized spacial score (nSPS) is 30.4. The van der Waals surface area contributed by atoms with Crippen molar-refractivity contribution in [1.29, 1.82) is 0 Å². The van der Waals surface area contributed by atoms with Gasteiger partial charge in [-0.1, -0.05) is 0 Å². The van der Waals surface area contributed by atoms with Crippen molar-refractivity contribution < 1.29 is 43.8 Å². The molecule has 13 heteroatoms. The van der Waals surface area contributed by atoms with Gasteiger partial charge in [-0.05, 0) is 44.5 Å². The Kier molecular flexibility index (Phi) is 6.66. The van der Waals surface area contributed by atoms with Gasteiger partial charge in [0.2, 0.25) is 5.91 Å². The molecule has 3 aliphatic rings. The Morgan fingerprint density at radius 1 is 1.13 bits per heavy atom. The highest BCUT2D eigenvalue weighted by molar-refractivity contribution is 6.32. The van der Waals surface area contributed by atoms with E-state index >= 15 is 0 Å². The van der Waals surface area contributed by atoms with Crippen LogP contribution in [-0.2, 0) is 30.4 Å². The molecule has 5 N–H and O–H groups in total. The van der Waals surface area contributed by atoms with Crippen molar-refractivity contribution >= 4 is 40.6 Å². The number of ketones is 4. The number of nitrogens with one attached hydrogen (secondary N) is 1. The molecule has 0 aromatic heterocycles. The molecule has 6 atom stereocenters. The number of aromatic hydroxyl groups is 1. The number of likely N-dealkylation sites (N-methyl/N-ethyl adjacent to an activating group) is 1. The van der Waals surface area contributed by atoms with Crippen molar-refractivity contribution in [2.75, 3.05) is 40.2 Å². The fourth-order valence-electron chi connectivity index (χ4n) is 6.37. The van der Waals surface area contributed by atoms with Crippen molar-refractivity contribution in [2.45, 2.75) is 24.5 Å². The third kappa shape index (κ3) is 3.64. The lowest BCUT2D eigenvalue weighted by Crippen LogP contribution is -2.74. The van der Waals surface area contributed by atoms with Crippen LogP contribution in [-0.4, -0.2) is 97.0 Å². The maximum absolute atomic E-state index is 13.9. The summed E-state index contributed by atoms with van der Waals surface area (Å²) in [6, 6.07) is 0.212. The predicted molar refractivity (Wildman–Crippen MR) is 130 cm³/mol. The lowest BCUT2D eigenvalue weighted by Gasteiger charge is -2.52. The zero-order valence-corrected chi connectivity index (χ0v) is 21.6. The molecule has 2 amide bonds. The van der Waals surface area contributed by atoms with E-state index in [4.69, 9.17) is 5.73 Å². The summed E-state index contributed by atoms with van der Waals surface area (Å²) in [5.41, 5.74) is 4.85. The summed E-state index contributed by atoms with van der Waals surface area (Å²) < 4.78 is 0. The van der Waals surface area contributed by atoms with Crippen molar-refractivity contribution in [3.8, 4) is 5.75 Å². The monoisotopic (exact) mass is 530 g/mol. The van der Waals surface area contributed by atoms with Crippen LogP contribution < -0.4 is 16.1 Å². The van der Waals surface area contributed by atoms with E-state index in [9.17, 15) is 39.0 Å². The zero-order chi connectivity index (χ0) is 28.4. The molecule has 0 radical (unpaired) electrons. The van der Waals surface area contributed by atoms with Gasteiger partial charge in [0.25, 0.3) is 5.91 Å². The van der Waals surface area contributed by atoms with Gasteiger partial charge < -0.3 is 20.8 Å². The minimum Gasteiger partial charge on any atom is -0.506 e. The number of nitrogens with two attached hydrogens (primary N) is 1. The first-order valence-corrected chi connectivity index (χ1v) is 11.9. The quantitative estimate of drug-likeness (QED) is 0.248. The molecular weight excluding hydrogens is 500 g/mol. The third-order valence-electron chi connectivity index (χ3n) is 7.96. The Morgan fingerprint density at radius 3 is 2.29 bits per heavy atom. The van der Waals surface area contributed by atoms with Gasteiger partial charge in [0.05, 0.1) is 30.2 Å². The van der Waals surface area contributed by atoms with E-state index in [1.54, 1.807) is 19.0 Å². The van der Waals surface area contributed by atoms with Gasteiger partial charge in [-0.15, -0.1) is 0 Å². The largest absolute Gasteiger partial charge is 0.506 e. The number of aliphatic hydroxyl groups is 1. The summed E-state index contributed by atoms with van der Waals surface area (Å²) >= 11 is 0. The van der Waals surface area contributed by atoms with Crippen molar-refractivity contribution in [3.63, 3.8) is 0 Å². The first-order valence-electron chi connectivity index (χ1n) is 11.9. The number of fused-ring (bicyclic) bond motifs is 3. The number of benzene rings is 1. The smallest absolute Gasteiger partial charge is 0.278 e. The molecule has 13 nitrogen and oxygen atoms in total. The number of carbonyl (C=O) groups excluding carboxylic acids is 6. The maximum Gasteiger partial charge on any atom is 0.278 e. The van der Waals surface area contributed by atoms with E-state index in [1.165, 1.54) is 32.2 Å². The second kappa shape index (κ2) is 9.26. The number of amides is 2. The summed E-state index contributed by atoms with van der Waals surface area (Å²) in [4.78, 5) is 86.5. The number of anilines is 1. The Morgan fingerprint density at radius 2 is 1.76 bits per heavy atom. The van der Waals surface area contributed by atoms with Crippen LogP contribution in [0.1, 0.15) is 32.7 Å². The van der Waals surface area contributed by atoms with Crippen LogP contribution >= 0.6 is 0 Å². The fourth-order valence-corrected chi connectivity index (χ4v) is 6.37. The number of hydrogen-bond acceptors (Lipinski definition) is 11. The highest BCUT2D eigenvalue weighted by Crippen LogP contribution is 2.52. The zero-order valence-electron chi connectivity index (χ0n) is 21.6. The molecule has 38 heavy (non-hydrogen) atoms. The van der Waals surface area contributed by atoms with Gasteiger partial charge in [-0.2, -0.15) is 0 Å². The Hall–Kier alpha value is -3.68. The number of hydrogen-bond donors (Lipinski definition) is 4. The second-order valence-electron chi connectivity index (χ2n) is 10.5. The third-order valence-corrected chi connectivity index (χ3v) is 7.96. The van der Waals surface area contributed by atoms with E-state index in [0.717, 1.165) is 0 Å². The molecule has 204 valence electrons. The van der Waals surface area contributed by atoms with Gasteiger partial charge in [0, 0.05) is 25.7 Å². The molecule has 2 fully saturated rings. The SMILES string of the molecule is CONC(=O)c1cc(N(C)C)c2c(c1O)C(=O)C1C(=O)[C@]3(O)C(=O)C(C(N)=O)C(=O)[C@@H](N(C)C)[C@@H]3C[C@@H]1C2. The number of nitrogens with zero attached hydrogens (tertiary/aromatic N) is 2. The standard InChI is InChI=1S/C25H30N4O9/c1-28(2)13-8-11(24(36)27-38-5)18(30)15-10(13)6-9-7-12-17(29(3)4)20(32)16(23(26)35)22(34)25(12,37)21(33)14(9)19(15)31/h8-9,12,14,16-17,30,37H,6-7H2,1-5H3,(H2,26,35)(H,27,36)/t9-,12-,14?,16?,17-,25-/m0/s1. The summed E-state index contributed by atoms with van der Waals surface area (Å²) in [5, 5.41) is 22.6. The number of rotatable bonds is 5. The highest BCUT2D eigenvalue weighted by atomic mass is 16.6. The van der Waals surface area contributed by atoms with Gasteiger partial charge in [-0.3, -0.25) is 38.5 Å². The first-order chi connectivity index (χ1) is 17.7. The number of primary amides is 1. The second-order valence-corrected chi connectivity index (χ2v) is 10.5. The van der Waals surface area contributed by atoms with E-state index in [0.29, 0.717) is 11.3 Å². The summed E-state index contributed by atoms with van der Waals surface area (Å²) in [7, 11) is 7.58. The van der Waals surface area contributed by atoms with E-state index in [2.05, 4.69) is 10.3 Å². The van der Waals surface area contributed by atoms with Crippen LogP contribution in [0.3, 0.4) is 0 Å². The number of phenols is 1. The average molecular weight is 531 g/mol. The van der Waals surface area contributed by atoms with Crippen LogP contribution in [0.25, 0.3) is 0 Å². The lowest BCUT2D eigenvalue weighted by molar-refractivity contribution is -0.181. The van der Waals surface area contributed by atoms with Crippen LogP contribution in [0, 0.1) is 23.7 Å². The van der Waals surface area contributed by atoms with Gasteiger partial charge in [0.1, 0.15) is 5.75 Å².